The minimum absolute atomic E-state index is 0.0634. The third kappa shape index (κ3) is 39.3. The summed E-state index contributed by atoms with van der Waals surface area (Å²) in [5, 5.41) is 3.09. The van der Waals surface area contributed by atoms with E-state index in [0.29, 0.717) is 19.4 Å². The summed E-state index contributed by atoms with van der Waals surface area (Å²) in [6, 6.07) is 0. The highest BCUT2D eigenvalue weighted by Gasteiger charge is 2.16. The van der Waals surface area contributed by atoms with Crippen LogP contribution < -0.4 is 5.32 Å². The first-order chi connectivity index (χ1) is 23.6. The van der Waals surface area contributed by atoms with Gasteiger partial charge in [0.1, 0.15) is 6.42 Å². The Morgan fingerprint density at radius 3 is 1.23 bits per heavy atom. The van der Waals surface area contributed by atoms with Crippen molar-refractivity contribution in [3.05, 3.63) is 0 Å². The molecule has 285 valence electrons. The van der Waals surface area contributed by atoms with E-state index in [0.717, 1.165) is 45.3 Å². The number of nitrogens with zero attached hydrogens (tertiary/aromatic N) is 1. The number of ether oxygens (including phenoxy) is 1. The molecule has 5 heteroatoms. The van der Waals surface area contributed by atoms with Gasteiger partial charge in [0, 0.05) is 17.8 Å². The summed E-state index contributed by atoms with van der Waals surface area (Å²) in [6.07, 6.45) is 43.9. The Balaban J connectivity index is 3.35. The Labute approximate surface area is 301 Å². The monoisotopic (exact) mass is 679 g/mol. The number of rotatable bonds is 40. The number of amides is 1. The van der Waals surface area contributed by atoms with Crippen molar-refractivity contribution in [3.8, 4) is 0 Å². The van der Waals surface area contributed by atoms with E-state index in [1.165, 1.54) is 180 Å². The molecule has 0 bridgehead atoms. The van der Waals surface area contributed by atoms with E-state index >= 15 is 0 Å². The quantitative estimate of drug-likeness (QED) is 0.0398. The van der Waals surface area contributed by atoms with Gasteiger partial charge in [-0.2, -0.15) is 0 Å². The summed E-state index contributed by atoms with van der Waals surface area (Å²) in [5.41, 5.74) is 0. The molecule has 1 amide bonds. The summed E-state index contributed by atoms with van der Waals surface area (Å²) in [5.74, 6) is 0.103. The second kappa shape index (κ2) is 40.3. The molecule has 0 aliphatic rings. The van der Waals surface area contributed by atoms with Gasteiger partial charge in [0.05, 0.1) is 6.54 Å². The molecular formula is C43H86N2O3+. The minimum Gasteiger partial charge on any atom is -0.356 e. The average molecular weight is 679 g/mol. The molecule has 0 unspecified atom stereocenters. The lowest BCUT2D eigenvalue weighted by atomic mass is 10.0. The lowest BCUT2D eigenvalue weighted by Crippen LogP contribution is -2.28. The molecule has 0 aromatic carbocycles. The molecule has 0 atom stereocenters. The largest absolute Gasteiger partial charge is 0.574 e. The van der Waals surface area contributed by atoms with Crippen molar-refractivity contribution in [3.63, 3.8) is 0 Å². The van der Waals surface area contributed by atoms with Crippen molar-refractivity contribution in [2.75, 3.05) is 33.3 Å². The molecule has 0 aliphatic carbocycles. The van der Waals surface area contributed by atoms with Crippen LogP contribution in [0.1, 0.15) is 232 Å². The Kier molecular flexibility index (Phi) is 39.4. The van der Waals surface area contributed by atoms with E-state index in [4.69, 9.17) is 4.74 Å². The van der Waals surface area contributed by atoms with Gasteiger partial charge in [-0.05, 0) is 32.9 Å². The van der Waals surface area contributed by atoms with Gasteiger partial charge in [-0.1, -0.05) is 200 Å². The number of carbonyl (C=O) groups excluding carboxylic acids is 2. The molecule has 0 fully saturated rings. The fourth-order valence-electron chi connectivity index (χ4n) is 6.64. The zero-order valence-corrected chi connectivity index (χ0v) is 33.0. The van der Waals surface area contributed by atoms with Crippen molar-refractivity contribution in [1.82, 2.24) is 10.2 Å². The van der Waals surface area contributed by atoms with Crippen molar-refractivity contribution in [1.29, 1.82) is 0 Å². The van der Waals surface area contributed by atoms with Gasteiger partial charge in [0.2, 0.25) is 5.91 Å². The molecular weight excluding hydrogens is 592 g/mol. The Hall–Kier alpha value is -1.10. The maximum atomic E-state index is 12.2. The molecule has 0 saturated heterocycles. The van der Waals surface area contributed by atoms with Gasteiger partial charge in [-0.25, -0.2) is 0 Å². The van der Waals surface area contributed by atoms with Crippen LogP contribution in [0.15, 0.2) is 0 Å². The number of nitrogens with one attached hydrogen (secondary N) is 1. The van der Waals surface area contributed by atoms with E-state index < -0.39 is 0 Å². The number of esters is 1. The maximum absolute atomic E-state index is 12.2. The van der Waals surface area contributed by atoms with Crippen molar-refractivity contribution < 1.29 is 14.3 Å². The molecule has 5 nitrogen and oxygen atoms in total. The van der Waals surface area contributed by atoms with E-state index in [-0.39, 0.29) is 11.9 Å². The molecule has 1 radical (unpaired) electrons. The minimum atomic E-state index is -0.0634. The summed E-state index contributed by atoms with van der Waals surface area (Å²) in [4.78, 5) is 26.4. The molecule has 0 heterocycles. The Bertz CT molecular complexity index is 656. The van der Waals surface area contributed by atoms with Gasteiger partial charge in [-0.15, -0.1) is 0 Å². The van der Waals surface area contributed by atoms with Crippen molar-refractivity contribution >= 4 is 11.9 Å². The fraction of sp³-hybridized carbons (Fsp3) is 0.953. The van der Waals surface area contributed by atoms with Gasteiger partial charge < -0.3 is 15.0 Å². The molecule has 0 aromatic rings. The van der Waals surface area contributed by atoms with Crippen LogP contribution >= 0.6 is 0 Å². The van der Waals surface area contributed by atoms with Crippen LogP contribution in [0.3, 0.4) is 0 Å². The summed E-state index contributed by atoms with van der Waals surface area (Å²) >= 11 is 0. The molecule has 0 aromatic heterocycles. The Morgan fingerprint density at radius 2 is 0.833 bits per heavy atom. The highest BCUT2D eigenvalue weighted by molar-refractivity contribution is 5.75. The van der Waals surface area contributed by atoms with Crippen LogP contribution in [0.25, 0.3) is 0 Å². The molecule has 0 rings (SSSR count). The van der Waals surface area contributed by atoms with E-state index in [9.17, 15) is 9.59 Å². The SMILES string of the molecule is CCCCCCCCCCCCCCCCCCNC(=O)CCCN(C)CCOC(=[O+])CCCCCCCCCCCCCCCCC. The lowest BCUT2D eigenvalue weighted by molar-refractivity contribution is -0.144. The van der Waals surface area contributed by atoms with Crippen molar-refractivity contribution in [2.45, 2.75) is 232 Å². The van der Waals surface area contributed by atoms with Gasteiger partial charge in [0.25, 0.3) is 0 Å². The lowest BCUT2D eigenvalue weighted by Gasteiger charge is -2.14. The fourth-order valence-corrected chi connectivity index (χ4v) is 6.64. The summed E-state index contributed by atoms with van der Waals surface area (Å²) in [6.45, 7) is 7.40. The van der Waals surface area contributed by atoms with E-state index in [1.54, 1.807) is 0 Å². The smallest absolute Gasteiger partial charge is 0.356 e. The van der Waals surface area contributed by atoms with E-state index in [2.05, 4.69) is 24.1 Å². The molecule has 0 aliphatic heterocycles. The van der Waals surface area contributed by atoms with Gasteiger partial charge in [0.15, 0.2) is 6.61 Å². The first kappa shape index (κ1) is 46.9. The number of carbonyl (C=O) groups is 2. The highest BCUT2D eigenvalue weighted by atomic mass is 16.5. The van der Waals surface area contributed by atoms with Crippen LogP contribution in [-0.2, 0) is 14.3 Å². The highest BCUT2D eigenvalue weighted by Crippen LogP contribution is 2.15. The van der Waals surface area contributed by atoms with Crippen LogP contribution in [0.5, 0.6) is 0 Å². The standard InChI is InChI=1S/C43H86N2O3/c1-4-6-8-10-12-14-16-18-20-22-24-26-28-30-32-34-38-44-42(46)36-35-39-45(3)40-41-48-43(47)37-33-31-29-27-25-23-21-19-17-15-13-11-9-7-5-2/h4-41H2,1-3H3,(H,44,46)/q+1. The van der Waals surface area contributed by atoms with Gasteiger partial charge >= 0.3 is 5.97 Å². The molecule has 0 saturated carbocycles. The zero-order valence-electron chi connectivity index (χ0n) is 33.0. The summed E-state index contributed by atoms with van der Waals surface area (Å²) in [7, 11) is 2.04. The van der Waals surface area contributed by atoms with Crippen molar-refractivity contribution in [2.24, 2.45) is 0 Å². The number of likely N-dealkylation sites (N-methyl/N-ethyl adjacent to an activating group) is 1. The third-order valence-electron chi connectivity index (χ3n) is 10.0. The number of unbranched alkanes of at least 4 members (excludes halogenated alkanes) is 29. The predicted octanol–water partition coefficient (Wildman–Crippen LogP) is 12.9. The molecule has 0 spiro atoms. The van der Waals surface area contributed by atoms with Gasteiger partial charge in [-0.3, -0.25) is 4.79 Å². The normalized spacial score (nSPS) is 11.4. The van der Waals surface area contributed by atoms with Crippen LogP contribution in [-0.4, -0.2) is 50.1 Å². The Morgan fingerprint density at radius 1 is 0.479 bits per heavy atom. The average Bonchev–Trinajstić information content (AvgIpc) is 3.08. The summed E-state index contributed by atoms with van der Waals surface area (Å²) < 4.78 is 5.44. The first-order valence-electron chi connectivity index (χ1n) is 21.7. The van der Waals surface area contributed by atoms with Crippen LogP contribution in [0.2, 0.25) is 0 Å². The van der Waals surface area contributed by atoms with Crippen LogP contribution in [0.4, 0.5) is 0 Å². The van der Waals surface area contributed by atoms with Crippen LogP contribution in [0, 0.1) is 0 Å². The second-order valence-corrected chi connectivity index (χ2v) is 15.0. The van der Waals surface area contributed by atoms with E-state index in [1.807, 2.05) is 7.05 Å². The third-order valence-corrected chi connectivity index (χ3v) is 10.0. The second-order valence-electron chi connectivity index (χ2n) is 15.0. The number of hydrogen-bond acceptors (Lipinski definition) is 4. The topological polar surface area (TPSA) is 61.5 Å². The first-order valence-corrected chi connectivity index (χ1v) is 21.7. The predicted molar refractivity (Wildman–Crippen MR) is 210 cm³/mol. The number of hydrogen-bond donors (Lipinski definition) is 1. The molecule has 1 N–H and O–H groups in total. The maximum Gasteiger partial charge on any atom is 0.574 e. The molecule has 48 heavy (non-hydrogen) atoms. The zero-order chi connectivity index (χ0) is 35.0.